The van der Waals surface area contributed by atoms with Crippen molar-refractivity contribution in [1.82, 2.24) is 4.98 Å². The van der Waals surface area contributed by atoms with Gasteiger partial charge in [-0.1, -0.05) is 109 Å². The third-order valence-corrected chi connectivity index (χ3v) is 6.78. The van der Waals surface area contributed by atoms with E-state index in [2.05, 4.69) is 16.4 Å². The fraction of sp³-hybridized carbons (Fsp3) is 0.786. The summed E-state index contributed by atoms with van der Waals surface area (Å²) >= 11 is 0. The lowest BCUT2D eigenvalue weighted by Gasteiger charge is -2.18. The minimum absolute atomic E-state index is 0.177. The molecule has 1 aromatic rings. The molecule has 0 fully saturated rings. The van der Waals surface area contributed by atoms with E-state index in [9.17, 15) is 4.57 Å². The number of phosphoric ester groups is 1. The van der Waals surface area contributed by atoms with E-state index in [1.807, 2.05) is 6.07 Å². The molecule has 0 aliphatic carbocycles. The Morgan fingerprint density at radius 3 is 1.86 bits per heavy atom. The number of unbranched alkanes of at least 4 members (excludes halogenated alkanes) is 15. The number of hydrogen-bond donors (Lipinski definition) is 2. The van der Waals surface area contributed by atoms with Crippen LogP contribution in [-0.2, 0) is 25.2 Å². The lowest BCUT2D eigenvalue weighted by atomic mass is 10.0. The highest BCUT2D eigenvalue weighted by Gasteiger charge is 2.19. The topological polar surface area (TPSA) is 122 Å². The van der Waals surface area contributed by atoms with Crippen molar-refractivity contribution in [3.63, 3.8) is 0 Å². The van der Waals surface area contributed by atoms with Crippen molar-refractivity contribution < 1.29 is 28.3 Å². The van der Waals surface area contributed by atoms with Gasteiger partial charge in [0.05, 0.1) is 19.8 Å². The van der Waals surface area contributed by atoms with Crippen LogP contribution in [-0.4, -0.2) is 40.7 Å². The van der Waals surface area contributed by atoms with Gasteiger partial charge < -0.3 is 19.3 Å². The Balaban J connectivity index is 2.03. The summed E-state index contributed by atoms with van der Waals surface area (Å²) in [7, 11) is -4.59. The van der Waals surface area contributed by atoms with Crippen LogP contribution in [0.4, 0.5) is 0 Å². The van der Waals surface area contributed by atoms with E-state index in [1.54, 1.807) is 12.1 Å². The summed E-state index contributed by atoms with van der Waals surface area (Å²) in [4.78, 5) is 22.0. The van der Waals surface area contributed by atoms with Gasteiger partial charge in [0, 0.05) is 12.8 Å². The summed E-state index contributed by atoms with van der Waals surface area (Å²) < 4.78 is 27.1. The largest absolute Gasteiger partial charge is 0.469 e. The average Bonchev–Trinajstić information content (AvgIpc) is 2.88. The molecule has 0 spiro atoms. The molecule has 1 rings (SSSR count). The summed E-state index contributed by atoms with van der Waals surface area (Å²) in [5, 5.41) is 8.82. The van der Waals surface area contributed by atoms with E-state index in [1.165, 1.54) is 96.1 Å². The van der Waals surface area contributed by atoms with Crippen LogP contribution < -0.4 is 0 Å². The number of rotatable bonds is 25. The van der Waals surface area contributed by atoms with Gasteiger partial charge in [0.1, 0.15) is 17.9 Å². The fourth-order valence-electron chi connectivity index (χ4n) is 4.08. The predicted octanol–water partition coefficient (Wildman–Crippen LogP) is 7.23. The zero-order valence-corrected chi connectivity index (χ0v) is 23.7. The molecular weight excluding hydrogens is 491 g/mol. The molecule has 1 aromatic heterocycles. The third-order valence-electron chi connectivity index (χ3n) is 6.30. The molecule has 9 heteroatoms. The number of nitriles is 1. The number of pyridine rings is 1. The Bertz CT molecular complexity index is 750. The van der Waals surface area contributed by atoms with E-state index in [0.29, 0.717) is 12.3 Å². The van der Waals surface area contributed by atoms with Crippen molar-refractivity contribution in [1.29, 1.82) is 5.26 Å². The summed E-state index contributed by atoms with van der Waals surface area (Å²) in [6.45, 7) is 2.93. The number of hydrogen-bond acceptors (Lipinski definition) is 6. The molecule has 0 aromatic carbocycles. The van der Waals surface area contributed by atoms with Gasteiger partial charge in [-0.05, 0) is 18.1 Å². The summed E-state index contributed by atoms with van der Waals surface area (Å²) in [6, 6.07) is 5.27. The first-order valence-electron chi connectivity index (χ1n) is 14.2. The van der Waals surface area contributed by atoms with Gasteiger partial charge in [0.25, 0.3) is 0 Å². The lowest BCUT2D eigenvalue weighted by molar-refractivity contribution is -0.0494. The van der Waals surface area contributed by atoms with Gasteiger partial charge >= 0.3 is 7.82 Å². The summed E-state index contributed by atoms with van der Waals surface area (Å²) in [6.07, 6.45) is 21.9. The summed E-state index contributed by atoms with van der Waals surface area (Å²) in [5.41, 5.74) is 1.06. The predicted molar refractivity (Wildman–Crippen MR) is 146 cm³/mol. The smallest absolute Gasteiger partial charge is 0.379 e. The molecule has 0 bridgehead atoms. The van der Waals surface area contributed by atoms with Gasteiger partial charge in [-0.2, -0.15) is 5.26 Å². The van der Waals surface area contributed by atoms with E-state index in [0.717, 1.165) is 18.4 Å². The average molecular weight is 541 g/mol. The quantitative estimate of drug-likeness (QED) is 0.0984. The fourth-order valence-corrected chi connectivity index (χ4v) is 4.44. The molecule has 212 valence electrons. The zero-order valence-electron chi connectivity index (χ0n) is 22.8. The van der Waals surface area contributed by atoms with Crippen LogP contribution in [0.2, 0.25) is 0 Å². The van der Waals surface area contributed by atoms with Crippen LogP contribution in [0.25, 0.3) is 0 Å². The van der Waals surface area contributed by atoms with Gasteiger partial charge in [-0.25, -0.2) is 9.55 Å². The van der Waals surface area contributed by atoms with Crippen LogP contribution in [0.1, 0.15) is 121 Å². The lowest BCUT2D eigenvalue weighted by Crippen LogP contribution is -2.25. The Labute approximate surface area is 224 Å². The van der Waals surface area contributed by atoms with Crippen molar-refractivity contribution in [2.24, 2.45) is 0 Å². The van der Waals surface area contributed by atoms with Crippen molar-refractivity contribution >= 4 is 7.82 Å². The molecule has 37 heavy (non-hydrogen) atoms. The summed E-state index contributed by atoms with van der Waals surface area (Å²) in [5.74, 6) is 0. The van der Waals surface area contributed by atoms with E-state index >= 15 is 0 Å². The molecule has 0 aliphatic heterocycles. The molecule has 0 amide bonds. The van der Waals surface area contributed by atoms with Crippen molar-refractivity contribution in [3.05, 3.63) is 29.6 Å². The van der Waals surface area contributed by atoms with Crippen molar-refractivity contribution in [2.45, 2.75) is 122 Å². The second kappa shape index (κ2) is 22.6. The highest BCUT2D eigenvalue weighted by atomic mass is 31.2. The first-order valence-corrected chi connectivity index (χ1v) is 15.7. The molecule has 8 nitrogen and oxygen atoms in total. The third kappa shape index (κ3) is 21.3. The van der Waals surface area contributed by atoms with Crippen LogP contribution in [0.15, 0.2) is 18.3 Å². The molecule has 1 atom stereocenters. The zero-order chi connectivity index (χ0) is 27.0. The van der Waals surface area contributed by atoms with Crippen LogP contribution in [0, 0.1) is 11.3 Å². The van der Waals surface area contributed by atoms with Crippen LogP contribution >= 0.6 is 7.82 Å². The van der Waals surface area contributed by atoms with E-state index in [-0.39, 0.29) is 19.8 Å². The van der Waals surface area contributed by atoms with Gasteiger partial charge in [0.2, 0.25) is 0 Å². The molecular formula is C28H49N2O6P. The second-order valence-corrected chi connectivity index (χ2v) is 11.0. The highest BCUT2D eigenvalue weighted by molar-refractivity contribution is 7.46. The molecule has 0 saturated heterocycles. The minimum atomic E-state index is -4.59. The molecule has 0 unspecified atom stereocenters. The number of aromatic nitrogens is 1. The van der Waals surface area contributed by atoms with Crippen LogP contribution in [0.3, 0.4) is 0 Å². The first kappa shape index (κ1) is 33.7. The number of phosphoric acid groups is 1. The van der Waals surface area contributed by atoms with Crippen molar-refractivity contribution in [3.8, 4) is 6.07 Å². The Morgan fingerprint density at radius 2 is 1.41 bits per heavy atom. The first-order chi connectivity index (χ1) is 17.9. The Kier molecular flexibility index (Phi) is 20.6. The van der Waals surface area contributed by atoms with Crippen LogP contribution in [0.5, 0.6) is 0 Å². The minimum Gasteiger partial charge on any atom is -0.379 e. The maximum Gasteiger partial charge on any atom is 0.469 e. The van der Waals surface area contributed by atoms with Gasteiger partial charge in [-0.15, -0.1) is 0 Å². The van der Waals surface area contributed by atoms with Crippen molar-refractivity contribution in [2.75, 3.05) is 19.8 Å². The molecule has 0 saturated carbocycles. The van der Waals surface area contributed by atoms with Gasteiger partial charge in [0.15, 0.2) is 0 Å². The molecule has 0 aliphatic rings. The number of nitrogens with zero attached hydrogens (tertiary/aromatic N) is 2. The second-order valence-electron chi connectivity index (χ2n) is 9.76. The maximum atomic E-state index is 11.1. The highest BCUT2D eigenvalue weighted by Crippen LogP contribution is 2.35. The SMILES string of the molecule is CCCCCCCCCCCCCCCCCCOC[C@H](COP(=O)(O)O)OCc1ccc(C#N)nc1. The number of ether oxygens (including phenoxy) is 2. The standard InChI is InChI=1S/C28H49N2O6P/c1-2-3-4-5-6-7-8-9-10-11-12-13-14-15-16-17-20-34-24-28(25-36-37(31,32)33)35-23-26-18-19-27(21-29)30-22-26/h18-19,22,28H,2-17,20,23-25H2,1H3,(H2,31,32,33)/t28-/m1/s1. The Hall–Kier alpha value is -1.33. The maximum absolute atomic E-state index is 11.1. The monoisotopic (exact) mass is 540 g/mol. The molecule has 0 radical (unpaired) electrons. The van der Waals surface area contributed by atoms with E-state index in [4.69, 9.17) is 24.5 Å². The Morgan fingerprint density at radius 1 is 0.865 bits per heavy atom. The van der Waals surface area contributed by atoms with E-state index < -0.39 is 13.9 Å². The van der Waals surface area contributed by atoms with Gasteiger partial charge in [-0.3, -0.25) is 4.52 Å². The molecule has 2 N–H and O–H groups in total. The normalized spacial score (nSPS) is 12.5. The molecule has 1 heterocycles.